The molecule has 1 heterocycles. The normalized spacial score (nSPS) is 12.2. The predicted octanol–water partition coefficient (Wildman–Crippen LogP) is 0.218. The van der Waals surface area contributed by atoms with Crippen molar-refractivity contribution in [3.63, 3.8) is 0 Å². The van der Waals surface area contributed by atoms with Gasteiger partial charge in [0.05, 0.1) is 11.7 Å². The fourth-order valence-corrected chi connectivity index (χ4v) is 1.25. The first-order chi connectivity index (χ1) is 7.50. The molecule has 1 aromatic rings. The number of aliphatic hydroxyl groups excluding tert-OH is 1. The van der Waals surface area contributed by atoms with Crippen LogP contribution < -0.4 is 5.56 Å². The summed E-state index contributed by atoms with van der Waals surface area (Å²) in [5.41, 5.74) is 0.205. The lowest BCUT2D eigenvalue weighted by Gasteiger charge is -2.17. The Balaban J connectivity index is 2.63. The van der Waals surface area contributed by atoms with E-state index in [0.717, 1.165) is 0 Å². The topological polar surface area (TPSA) is 73.4 Å². The number of nitrogens with zero attached hydrogens (tertiary/aromatic N) is 1. The molecule has 1 atom stereocenters. The molecule has 0 bridgehead atoms. The molecule has 88 valence electrons. The molecule has 16 heavy (non-hydrogen) atoms. The Morgan fingerprint density at radius 1 is 1.56 bits per heavy atom. The molecule has 5 heteroatoms. The standard InChI is InChI=1S/C11H16N2O3/c1-8(14)5-6-13(2)11(16)9-3-4-10(15)12-7-9/h3-4,7-8,14H,5-6H2,1-2H3,(H,12,15). The lowest BCUT2D eigenvalue weighted by molar-refractivity contribution is 0.0768. The third-order valence-electron chi connectivity index (χ3n) is 2.26. The SMILES string of the molecule is CC(O)CCN(C)C(=O)c1ccc(=O)[nH]c1. The molecule has 0 saturated heterocycles. The second-order valence-corrected chi connectivity index (χ2v) is 3.81. The minimum atomic E-state index is -0.425. The van der Waals surface area contributed by atoms with E-state index in [1.165, 1.54) is 23.2 Å². The highest BCUT2D eigenvalue weighted by atomic mass is 16.3. The van der Waals surface area contributed by atoms with E-state index in [4.69, 9.17) is 5.11 Å². The van der Waals surface area contributed by atoms with Gasteiger partial charge in [0.25, 0.3) is 5.91 Å². The molecule has 0 radical (unpaired) electrons. The van der Waals surface area contributed by atoms with Crippen molar-refractivity contribution in [1.29, 1.82) is 0 Å². The van der Waals surface area contributed by atoms with Crippen molar-refractivity contribution in [3.05, 3.63) is 34.2 Å². The van der Waals surface area contributed by atoms with Gasteiger partial charge < -0.3 is 15.0 Å². The van der Waals surface area contributed by atoms with Gasteiger partial charge in [0.15, 0.2) is 0 Å². The summed E-state index contributed by atoms with van der Waals surface area (Å²) in [4.78, 5) is 26.6. The number of H-pyrrole nitrogens is 1. The lowest BCUT2D eigenvalue weighted by atomic mass is 10.2. The number of aromatic amines is 1. The Bertz CT molecular complexity index is 391. The van der Waals surface area contributed by atoms with Crippen LogP contribution in [-0.4, -0.2) is 40.6 Å². The van der Waals surface area contributed by atoms with E-state index in [1.807, 2.05) is 0 Å². The highest BCUT2D eigenvalue weighted by molar-refractivity contribution is 5.93. The number of carbonyl (C=O) groups is 1. The summed E-state index contributed by atoms with van der Waals surface area (Å²) in [6.07, 6.45) is 1.50. The van der Waals surface area contributed by atoms with Gasteiger partial charge in [0.1, 0.15) is 0 Å². The van der Waals surface area contributed by atoms with E-state index < -0.39 is 6.10 Å². The molecular formula is C11H16N2O3. The Hall–Kier alpha value is -1.62. The number of pyridine rings is 1. The van der Waals surface area contributed by atoms with E-state index in [2.05, 4.69) is 4.98 Å². The van der Waals surface area contributed by atoms with Crippen LogP contribution in [0.2, 0.25) is 0 Å². The van der Waals surface area contributed by atoms with Crippen LogP contribution in [0, 0.1) is 0 Å². The Morgan fingerprint density at radius 2 is 2.25 bits per heavy atom. The molecule has 0 aliphatic carbocycles. The number of aliphatic hydroxyl groups is 1. The van der Waals surface area contributed by atoms with Crippen LogP contribution in [0.4, 0.5) is 0 Å². The third kappa shape index (κ3) is 3.51. The first-order valence-corrected chi connectivity index (χ1v) is 5.13. The van der Waals surface area contributed by atoms with Crippen LogP contribution in [0.3, 0.4) is 0 Å². The van der Waals surface area contributed by atoms with Crippen LogP contribution in [0.15, 0.2) is 23.1 Å². The number of aromatic nitrogens is 1. The van der Waals surface area contributed by atoms with Crippen molar-refractivity contribution in [1.82, 2.24) is 9.88 Å². The summed E-state index contributed by atoms with van der Waals surface area (Å²) in [6.45, 7) is 2.16. The molecular weight excluding hydrogens is 208 g/mol. The van der Waals surface area contributed by atoms with E-state index in [-0.39, 0.29) is 11.5 Å². The maximum atomic E-state index is 11.8. The zero-order valence-corrected chi connectivity index (χ0v) is 9.43. The summed E-state index contributed by atoms with van der Waals surface area (Å²) >= 11 is 0. The third-order valence-corrected chi connectivity index (χ3v) is 2.26. The number of rotatable bonds is 4. The molecule has 0 fully saturated rings. The van der Waals surface area contributed by atoms with Gasteiger partial charge in [-0.15, -0.1) is 0 Å². The maximum absolute atomic E-state index is 11.8. The van der Waals surface area contributed by atoms with Crippen molar-refractivity contribution < 1.29 is 9.90 Å². The molecule has 1 rings (SSSR count). The molecule has 0 aromatic carbocycles. The molecule has 1 amide bonds. The Morgan fingerprint density at radius 3 is 2.75 bits per heavy atom. The highest BCUT2D eigenvalue weighted by Gasteiger charge is 2.11. The molecule has 1 aromatic heterocycles. The molecule has 0 spiro atoms. The molecule has 1 unspecified atom stereocenters. The van der Waals surface area contributed by atoms with Crippen molar-refractivity contribution in [2.75, 3.05) is 13.6 Å². The lowest BCUT2D eigenvalue weighted by Crippen LogP contribution is -2.29. The largest absolute Gasteiger partial charge is 0.393 e. The maximum Gasteiger partial charge on any atom is 0.255 e. The number of amides is 1. The number of nitrogens with one attached hydrogen (secondary N) is 1. The summed E-state index contributed by atoms with van der Waals surface area (Å²) in [5.74, 6) is -0.170. The number of hydrogen-bond donors (Lipinski definition) is 2. The highest BCUT2D eigenvalue weighted by Crippen LogP contribution is 2.01. The van der Waals surface area contributed by atoms with Gasteiger partial charge in [-0.05, 0) is 19.4 Å². The van der Waals surface area contributed by atoms with Gasteiger partial charge in [-0.25, -0.2) is 0 Å². The van der Waals surface area contributed by atoms with Crippen LogP contribution in [0.25, 0.3) is 0 Å². The van der Waals surface area contributed by atoms with Crippen LogP contribution in [0.1, 0.15) is 23.7 Å². The van der Waals surface area contributed by atoms with Crippen molar-refractivity contribution in [2.45, 2.75) is 19.4 Å². The minimum absolute atomic E-state index is 0.170. The molecule has 2 N–H and O–H groups in total. The number of hydrogen-bond acceptors (Lipinski definition) is 3. The van der Waals surface area contributed by atoms with Crippen molar-refractivity contribution >= 4 is 5.91 Å². The Kier molecular flexibility index (Phi) is 4.25. The van der Waals surface area contributed by atoms with Gasteiger partial charge in [0, 0.05) is 25.9 Å². The van der Waals surface area contributed by atoms with Gasteiger partial charge in [-0.1, -0.05) is 0 Å². The molecule has 0 aliphatic heterocycles. The first kappa shape index (κ1) is 12.4. The van der Waals surface area contributed by atoms with Gasteiger partial charge in [0.2, 0.25) is 5.56 Å². The summed E-state index contributed by atoms with van der Waals surface area (Å²) in [5, 5.41) is 9.10. The summed E-state index contributed by atoms with van der Waals surface area (Å²) in [6, 6.07) is 2.80. The second-order valence-electron chi connectivity index (χ2n) is 3.81. The van der Waals surface area contributed by atoms with Crippen LogP contribution in [-0.2, 0) is 0 Å². The van der Waals surface area contributed by atoms with E-state index in [9.17, 15) is 9.59 Å². The minimum Gasteiger partial charge on any atom is -0.393 e. The van der Waals surface area contributed by atoms with Gasteiger partial charge in [-0.2, -0.15) is 0 Å². The smallest absolute Gasteiger partial charge is 0.255 e. The van der Waals surface area contributed by atoms with Crippen LogP contribution >= 0.6 is 0 Å². The quantitative estimate of drug-likeness (QED) is 0.768. The molecule has 5 nitrogen and oxygen atoms in total. The van der Waals surface area contributed by atoms with Gasteiger partial charge in [-0.3, -0.25) is 9.59 Å². The van der Waals surface area contributed by atoms with E-state index in [1.54, 1.807) is 14.0 Å². The summed E-state index contributed by atoms with van der Waals surface area (Å²) in [7, 11) is 1.66. The molecule has 0 saturated carbocycles. The predicted molar refractivity (Wildman–Crippen MR) is 60.3 cm³/mol. The second kappa shape index (κ2) is 5.46. The molecule has 0 aliphatic rings. The first-order valence-electron chi connectivity index (χ1n) is 5.13. The van der Waals surface area contributed by atoms with Crippen molar-refractivity contribution in [3.8, 4) is 0 Å². The van der Waals surface area contributed by atoms with Crippen LogP contribution in [0.5, 0.6) is 0 Å². The van der Waals surface area contributed by atoms with Gasteiger partial charge >= 0.3 is 0 Å². The zero-order valence-electron chi connectivity index (χ0n) is 9.43. The fourth-order valence-electron chi connectivity index (χ4n) is 1.25. The monoisotopic (exact) mass is 224 g/mol. The average Bonchev–Trinajstić information content (AvgIpc) is 2.26. The van der Waals surface area contributed by atoms with E-state index >= 15 is 0 Å². The zero-order chi connectivity index (χ0) is 12.1. The number of carbonyl (C=O) groups excluding carboxylic acids is 1. The van der Waals surface area contributed by atoms with Crippen molar-refractivity contribution in [2.24, 2.45) is 0 Å². The fraction of sp³-hybridized carbons (Fsp3) is 0.455. The van der Waals surface area contributed by atoms with E-state index in [0.29, 0.717) is 18.5 Å². The Labute approximate surface area is 93.7 Å². The average molecular weight is 224 g/mol. The summed E-state index contributed by atoms with van der Waals surface area (Å²) < 4.78 is 0.